The van der Waals surface area contributed by atoms with Gasteiger partial charge in [-0.3, -0.25) is 9.59 Å². The van der Waals surface area contributed by atoms with E-state index in [2.05, 4.69) is 4.90 Å². The van der Waals surface area contributed by atoms with Gasteiger partial charge in [0.05, 0.1) is 7.11 Å². The zero-order chi connectivity index (χ0) is 13.0. The van der Waals surface area contributed by atoms with Crippen LogP contribution in [0, 0.1) is 11.8 Å². The molecule has 0 N–H and O–H groups in total. The Morgan fingerprint density at radius 2 is 2.06 bits per heavy atom. The number of esters is 1. The number of Topliss-reactive ketones (excluding diaryl/α,β-unsaturated/α-hetero) is 1. The molecular formula is C14H23NO3. The number of rotatable bonds is 3. The zero-order valence-corrected chi connectivity index (χ0v) is 11.2. The molecule has 1 unspecified atom stereocenters. The number of methoxy groups -OCH3 is 1. The van der Waals surface area contributed by atoms with Crippen LogP contribution in [0.4, 0.5) is 0 Å². The van der Waals surface area contributed by atoms with E-state index in [4.69, 9.17) is 4.74 Å². The molecule has 1 heterocycles. The van der Waals surface area contributed by atoms with E-state index < -0.39 is 5.92 Å². The van der Waals surface area contributed by atoms with Crippen LogP contribution in [0.1, 0.15) is 38.5 Å². The minimum Gasteiger partial charge on any atom is -0.468 e. The van der Waals surface area contributed by atoms with Gasteiger partial charge < -0.3 is 9.64 Å². The lowest BCUT2D eigenvalue weighted by atomic mass is 9.87. The van der Waals surface area contributed by atoms with Crippen molar-refractivity contribution in [3.63, 3.8) is 0 Å². The van der Waals surface area contributed by atoms with Crippen molar-refractivity contribution >= 4 is 11.8 Å². The van der Waals surface area contributed by atoms with Gasteiger partial charge in [0, 0.05) is 26.1 Å². The fourth-order valence-electron chi connectivity index (χ4n) is 3.14. The highest BCUT2D eigenvalue weighted by Gasteiger charge is 2.34. The van der Waals surface area contributed by atoms with Crippen LogP contribution in [0.15, 0.2) is 0 Å². The summed E-state index contributed by atoms with van der Waals surface area (Å²) in [5, 5.41) is 0. The summed E-state index contributed by atoms with van der Waals surface area (Å²) >= 11 is 0. The van der Waals surface area contributed by atoms with E-state index in [9.17, 15) is 9.59 Å². The van der Waals surface area contributed by atoms with Crippen LogP contribution in [0.3, 0.4) is 0 Å². The van der Waals surface area contributed by atoms with E-state index in [0.29, 0.717) is 13.0 Å². The van der Waals surface area contributed by atoms with Crippen LogP contribution in [-0.2, 0) is 14.3 Å². The molecule has 0 aromatic rings. The predicted molar refractivity (Wildman–Crippen MR) is 68.1 cm³/mol. The molecule has 0 spiro atoms. The predicted octanol–water partition coefficient (Wildman–Crippen LogP) is 1.63. The normalized spacial score (nSPS) is 27.2. The van der Waals surface area contributed by atoms with Gasteiger partial charge in [0.1, 0.15) is 11.7 Å². The third kappa shape index (κ3) is 3.31. The lowest BCUT2D eigenvalue weighted by Gasteiger charge is -2.34. The largest absolute Gasteiger partial charge is 0.468 e. The molecule has 0 bridgehead atoms. The van der Waals surface area contributed by atoms with Gasteiger partial charge in [0.15, 0.2) is 0 Å². The van der Waals surface area contributed by atoms with E-state index in [-0.39, 0.29) is 11.8 Å². The number of hydrogen-bond acceptors (Lipinski definition) is 4. The SMILES string of the molecule is COC(=O)C1CN(CC2CCCCC2)CCC1=O. The summed E-state index contributed by atoms with van der Waals surface area (Å²) in [4.78, 5) is 25.5. The fraction of sp³-hybridized carbons (Fsp3) is 0.857. The van der Waals surface area contributed by atoms with Crippen LogP contribution in [-0.4, -0.2) is 43.4 Å². The lowest BCUT2D eigenvalue weighted by Crippen LogP contribution is -2.46. The number of hydrogen-bond donors (Lipinski definition) is 0. The summed E-state index contributed by atoms with van der Waals surface area (Å²) < 4.78 is 4.71. The molecular weight excluding hydrogens is 230 g/mol. The minimum atomic E-state index is -0.549. The Morgan fingerprint density at radius 3 is 2.72 bits per heavy atom. The van der Waals surface area contributed by atoms with Crippen LogP contribution in [0.5, 0.6) is 0 Å². The van der Waals surface area contributed by atoms with Crippen LogP contribution in [0.25, 0.3) is 0 Å². The highest BCUT2D eigenvalue weighted by Crippen LogP contribution is 2.26. The molecule has 18 heavy (non-hydrogen) atoms. The van der Waals surface area contributed by atoms with Crippen molar-refractivity contribution < 1.29 is 14.3 Å². The summed E-state index contributed by atoms with van der Waals surface area (Å²) in [6, 6.07) is 0. The van der Waals surface area contributed by atoms with Crippen molar-refractivity contribution in [1.29, 1.82) is 0 Å². The molecule has 0 aromatic heterocycles. The summed E-state index contributed by atoms with van der Waals surface area (Å²) in [5.74, 6) is -0.118. The molecule has 4 heteroatoms. The van der Waals surface area contributed by atoms with Gasteiger partial charge in [-0.15, -0.1) is 0 Å². The Bertz CT molecular complexity index is 302. The Labute approximate surface area is 109 Å². The summed E-state index contributed by atoms with van der Waals surface area (Å²) in [6.07, 6.45) is 7.11. The average Bonchev–Trinajstić information content (AvgIpc) is 2.41. The Hall–Kier alpha value is -0.900. The molecule has 1 atom stereocenters. The highest BCUT2D eigenvalue weighted by atomic mass is 16.5. The van der Waals surface area contributed by atoms with Crippen molar-refractivity contribution in [2.45, 2.75) is 38.5 Å². The average molecular weight is 253 g/mol. The second-order valence-corrected chi connectivity index (χ2v) is 5.56. The molecule has 1 aliphatic heterocycles. The third-order valence-corrected chi connectivity index (χ3v) is 4.23. The van der Waals surface area contributed by atoms with Crippen molar-refractivity contribution in [2.75, 3.05) is 26.7 Å². The standard InChI is InChI=1S/C14H23NO3/c1-18-14(17)12-10-15(8-7-13(12)16)9-11-5-3-2-4-6-11/h11-12H,2-10H2,1H3. The molecule has 4 nitrogen and oxygen atoms in total. The smallest absolute Gasteiger partial charge is 0.317 e. The van der Waals surface area contributed by atoms with E-state index in [1.165, 1.54) is 39.2 Å². The quantitative estimate of drug-likeness (QED) is 0.566. The van der Waals surface area contributed by atoms with Crippen molar-refractivity contribution in [3.8, 4) is 0 Å². The zero-order valence-electron chi connectivity index (χ0n) is 11.2. The van der Waals surface area contributed by atoms with Gasteiger partial charge in [-0.25, -0.2) is 0 Å². The van der Waals surface area contributed by atoms with Crippen LogP contribution < -0.4 is 0 Å². The Balaban J connectivity index is 1.86. The van der Waals surface area contributed by atoms with Gasteiger partial charge in [0.25, 0.3) is 0 Å². The van der Waals surface area contributed by atoms with Gasteiger partial charge in [-0.1, -0.05) is 19.3 Å². The van der Waals surface area contributed by atoms with Gasteiger partial charge >= 0.3 is 5.97 Å². The minimum absolute atomic E-state index is 0.0433. The molecule has 2 rings (SSSR count). The highest BCUT2D eigenvalue weighted by molar-refractivity contribution is 5.99. The van der Waals surface area contributed by atoms with E-state index in [1.54, 1.807) is 0 Å². The molecule has 102 valence electrons. The number of carbonyl (C=O) groups excluding carboxylic acids is 2. The first-order valence-electron chi connectivity index (χ1n) is 7.03. The molecule has 0 amide bonds. The van der Waals surface area contributed by atoms with Gasteiger partial charge in [0.2, 0.25) is 0 Å². The molecule has 1 saturated heterocycles. The maximum atomic E-state index is 11.7. The number of carbonyl (C=O) groups is 2. The molecule has 1 aliphatic carbocycles. The Morgan fingerprint density at radius 1 is 1.33 bits per heavy atom. The van der Waals surface area contributed by atoms with Gasteiger partial charge in [-0.05, 0) is 18.8 Å². The topological polar surface area (TPSA) is 46.6 Å². The van der Waals surface area contributed by atoms with E-state index >= 15 is 0 Å². The summed E-state index contributed by atoms with van der Waals surface area (Å²) in [6.45, 7) is 2.41. The van der Waals surface area contributed by atoms with Crippen molar-refractivity contribution in [1.82, 2.24) is 4.90 Å². The summed E-state index contributed by atoms with van der Waals surface area (Å²) in [5.41, 5.74) is 0. The second-order valence-electron chi connectivity index (χ2n) is 5.56. The van der Waals surface area contributed by atoms with Crippen LogP contribution >= 0.6 is 0 Å². The van der Waals surface area contributed by atoms with E-state index in [0.717, 1.165) is 19.0 Å². The summed E-state index contributed by atoms with van der Waals surface area (Å²) in [7, 11) is 1.36. The van der Waals surface area contributed by atoms with Crippen LogP contribution in [0.2, 0.25) is 0 Å². The first-order chi connectivity index (χ1) is 8.70. The third-order valence-electron chi connectivity index (χ3n) is 4.23. The molecule has 0 aromatic carbocycles. The first-order valence-corrected chi connectivity index (χ1v) is 7.03. The lowest BCUT2D eigenvalue weighted by molar-refractivity contribution is -0.152. The van der Waals surface area contributed by atoms with E-state index in [1.807, 2.05) is 0 Å². The Kier molecular flexibility index (Phi) is 4.75. The monoisotopic (exact) mass is 253 g/mol. The van der Waals surface area contributed by atoms with Crippen molar-refractivity contribution in [2.24, 2.45) is 11.8 Å². The second kappa shape index (κ2) is 6.32. The number of ketones is 1. The fourth-order valence-corrected chi connectivity index (χ4v) is 3.14. The molecule has 2 aliphatic rings. The number of piperidine rings is 1. The van der Waals surface area contributed by atoms with Gasteiger partial charge in [-0.2, -0.15) is 0 Å². The molecule has 0 radical (unpaired) electrons. The molecule has 1 saturated carbocycles. The number of ether oxygens (including phenoxy) is 1. The first kappa shape index (κ1) is 13.5. The van der Waals surface area contributed by atoms with Crippen molar-refractivity contribution in [3.05, 3.63) is 0 Å². The maximum absolute atomic E-state index is 11.7. The molecule has 2 fully saturated rings. The maximum Gasteiger partial charge on any atom is 0.317 e. The number of likely N-dealkylation sites (tertiary alicyclic amines) is 1. The number of nitrogens with zero attached hydrogens (tertiary/aromatic N) is 1.